The topological polar surface area (TPSA) is 46.9 Å². The Bertz CT molecular complexity index is 614. The Morgan fingerprint density at radius 1 is 1.30 bits per heavy atom. The highest BCUT2D eigenvalue weighted by atomic mass is 16.1. The minimum Gasteiger partial charge on any atom is -0.326 e. The summed E-state index contributed by atoms with van der Waals surface area (Å²) in [5, 5.41) is 7.44. The van der Waals surface area contributed by atoms with E-state index >= 15 is 0 Å². The lowest BCUT2D eigenvalue weighted by Crippen LogP contribution is -2.19. The predicted molar refractivity (Wildman–Crippen MR) is 80.7 cm³/mol. The molecule has 20 heavy (non-hydrogen) atoms. The number of para-hydroxylation sites is 1. The first kappa shape index (κ1) is 14.3. The molecule has 1 heterocycles. The molecule has 0 spiro atoms. The summed E-state index contributed by atoms with van der Waals surface area (Å²) < 4.78 is 1.95. The smallest absolute Gasteiger partial charge is 0.226 e. The van der Waals surface area contributed by atoms with Crippen LogP contribution in [0.1, 0.15) is 30.8 Å². The van der Waals surface area contributed by atoms with Gasteiger partial charge in [0.1, 0.15) is 0 Å². The van der Waals surface area contributed by atoms with Crippen molar-refractivity contribution in [2.24, 2.45) is 5.92 Å². The van der Waals surface area contributed by atoms with Crippen molar-refractivity contribution in [3.63, 3.8) is 0 Å². The van der Waals surface area contributed by atoms with Gasteiger partial charge in [-0.1, -0.05) is 32.0 Å². The third-order valence-electron chi connectivity index (χ3n) is 3.22. The van der Waals surface area contributed by atoms with Crippen molar-refractivity contribution in [1.82, 2.24) is 9.78 Å². The van der Waals surface area contributed by atoms with Crippen LogP contribution in [0.3, 0.4) is 0 Å². The summed E-state index contributed by atoms with van der Waals surface area (Å²) in [6.45, 7) is 8.46. The molecule has 106 valence electrons. The van der Waals surface area contributed by atoms with Gasteiger partial charge in [-0.2, -0.15) is 5.10 Å². The van der Waals surface area contributed by atoms with Gasteiger partial charge in [-0.05, 0) is 31.5 Å². The fraction of sp³-hybridized carbons (Fsp3) is 0.375. The van der Waals surface area contributed by atoms with E-state index in [9.17, 15) is 4.79 Å². The molecule has 0 aliphatic heterocycles. The molecule has 1 amide bonds. The Morgan fingerprint density at radius 2 is 2.00 bits per heavy atom. The Kier molecular flexibility index (Phi) is 4.23. The average Bonchev–Trinajstić information content (AvgIpc) is 2.70. The molecule has 0 atom stereocenters. The van der Waals surface area contributed by atoms with Gasteiger partial charge in [-0.25, -0.2) is 0 Å². The fourth-order valence-electron chi connectivity index (χ4n) is 2.05. The van der Waals surface area contributed by atoms with Crippen molar-refractivity contribution >= 4 is 11.6 Å². The summed E-state index contributed by atoms with van der Waals surface area (Å²) >= 11 is 0. The summed E-state index contributed by atoms with van der Waals surface area (Å²) in [5.74, 6) is 0.00237. The fourth-order valence-corrected chi connectivity index (χ4v) is 2.05. The summed E-state index contributed by atoms with van der Waals surface area (Å²) in [4.78, 5) is 11.9. The molecule has 0 aliphatic carbocycles. The van der Waals surface area contributed by atoms with Crippen LogP contribution in [-0.4, -0.2) is 15.7 Å². The van der Waals surface area contributed by atoms with Crippen LogP contribution in [0.5, 0.6) is 0 Å². The Morgan fingerprint density at radius 3 is 2.60 bits per heavy atom. The van der Waals surface area contributed by atoms with E-state index in [0.29, 0.717) is 6.54 Å². The van der Waals surface area contributed by atoms with Gasteiger partial charge in [0.15, 0.2) is 0 Å². The number of hydrogen-bond acceptors (Lipinski definition) is 2. The van der Waals surface area contributed by atoms with Gasteiger partial charge in [0.2, 0.25) is 5.91 Å². The number of amides is 1. The number of rotatable bonds is 4. The highest BCUT2D eigenvalue weighted by Gasteiger charge is 2.11. The second kappa shape index (κ2) is 5.90. The molecule has 4 heteroatoms. The number of carbonyl (C=O) groups excluding carboxylic acids is 1. The van der Waals surface area contributed by atoms with E-state index in [4.69, 9.17) is 0 Å². The van der Waals surface area contributed by atoms with Crippen molar-refractivity contribution in [2.45, 2.75) is 34.2 Å². The average molecular weight is 271 g/mol. The first-order chi connectivity index (χ1) is 9.47. The molecule has 1 aromatic carbocycles. The van der Waals surface area contributed by atoms with E-state index in [0.717, 1.165) is 22.6 Å². The number of anilines is 1. The molecule has 0 radical (unpaired) electrons. The lowest BCUT2D eigenvalue weighted by molar-refractivity contribution is -0.118. The van der Waals surface area contributed by atoms with Gasteiger partial charge in [-0.15, -0.1) is 0 Å². The van der Waals surface area contributed by atoms with Crippen LogP contribution in [0, 0.1) is 19.8 Å². The van der Waals surface area contributed by atoms with E-state index in [1.165, 1.54) is 0 Å². The molecular weight excluding hydrogens is 250 g/mol. The number of aryl methyl sites for hydroxylation is 2. The Balaban J connectivity index is 2.24. The normalized spacial score (nSPS) is 10.8. The molecule has 0 bridgehead atoms. The van der Waals surface area contributed by atoms with Gasteiger partial charge in [-0.3, -0.25) is 9.48 Å². The van der Waals surface area contributed by atoms with Gasteiger partial charge in [0.25, 0.3) is 0 Å². The van der Waals surface area contributed by atoms with E-state index in [-0.39, 0.29) is 11.8 Å². The molecule has 1 aromatic heterocycles. The van der Waals surface area contributed by atoms with Crippen LogP contribution in [-0.2, 0) is 11.3 Å². The molecule has 0 saturated heterocycles. The first-order valence-corrected chi connectivity index (χ1v) is 6.87. The highest BCUT2D eigenvalue weighted by Crippen LogP contribution is 2.18. The van der Waals surface area contributed by atoms with Crippen molar-refractivity contribution in [2.75, 3.05) is 5.32 Å². The van der Waals surface area contributed by atoms with Gasteiger partial charge in [0, 0.05) is 17.3 Å². The van der Waals surface area contributed by atoms with Crippen LogP contribution in [0.25, 0.3) is 0 Å². The molecule has 2 rings (SSSR count). The number of nitrogens with zero attached hydrogens (tertiary/aromatic N) is 2. The van der Waals surface area contributed by atoms with Gasteiger partial charge in [0.05, 0.1) is 12.2 Å². The van der Waals surface area contributed by atoms with E-state index in [1.54, 1.807) is 0 Å². The Hall–Kier alpha value is -2.10. The SMILES string of the molecule is Cc1cc(C)n(Cc2ccccc2NC(=O)C(C)C)n1. The third kappa shape index (κ3) is 3.26. The minimum absolute atomic E-state index is 0.0308. The number of carbonyl (C=O) groups is 1. The maximum atomic E-state index is 11.9. The molecule has 0 fully saturated rings. The summed E-state index contributed by atoms with van der Waals surface area (Å²) in [6.07, 6.45) is 0. The van der Waals surface area contributed by atoms with Gasteiger partial charge < -0.3 is 5.32 Å². The monoisotopic (exact) mass is 271 g/mol. The van der Waals surface area contributed by atoms with Crippen LogP contribution in [0.15, 0.2) is 30.3 Å². The number of benzene rings is 1. The largest absolute Gasteiger partial charge is 0.326 e. The third-order valence-corrected chi connectivity index (χ3v) is 3.22. The van der Waals surface area contributed by atoms with Crippen LogP contribution in [0.4, 0.5) is 5.69 Å². The maximum Gasteiger partial charge on any atom is 0.226 e. The zero-order valence-corrected chi connectivity index (χ0v) is 12.5. The second-order valence-electron chi connectivity index (χ2n) is 5.39. The first-order valence-electron chi connectivity index (χ1n) is 6.87. The summed E-state index contributed by atoms with van der Waals surface area (Å²) in [5.41, 5.74) is 4.05. The van der Waals surface area contributed by atoms with E-state index in [1.807, 2.05) is 56.6 Å². The molecule has 2 aromatic rings. The zero-order chi connectivity index (χ0) is 14.7. The van der Waals surface area contributed by atoms with Crippen molar-refractivity contribution in [3.05, 3.63) is 47.3 Å². The molecular formula is C16H21N3O. The van der Waals surface area contributed by atoms with E-state index < -0.39 is 0 Å². The molecule has 4 nitrogen and oxygen atoms in total. The number of hydrogen-bond donors (Lipinski definition) is 1. The van der Waals surface area contributed by atoms with Crippen LogP contribution < -0.4 is 5.32 Å². The van der Waals surface area contributed by atoms with Crippen molar-refractivity contribution < 1.29 is 4.79 Å². The summed E-state index contributed by atoms with van der Waals surface area (Å²) in [7, 11) is 0. The minimum atomic E-state index is -0.0308. The Labute approximate surface area is 119 Å². The van der Waals surface area contributed by atoms with Crippen molar-refractivity contribution in [3.8, 4) is 0 Å². The molecule has 1 N–H and O–H groups in total. The van der Waals surface area contributed by atoms with Crippen LogP contribution >= 0.6 is 0 Å². The second-order valence-corrected chi connectivity index (χ2v) is 5.39. The maximum absolute atomic E-state index is 11.9. The van der Waals surface area contributed by atoms with Crippen molar-refractivity contribution in [1.29, 1.82) is 0 Å². The lowest BCUT2D eigenvalue weighted by atomic mass is 10.1. The predicted octanol–water partition coefficient (Wildman–Crippen LogP) is 3.14. The summed E-state index contributed by atoms with van der Waals surface area (Å²) in [6, 6.07) is 9.91. The van der Waals surface area contributed by atoms with Crippen LogP contribution in [0.2, 0.25) is 0 Å². The molecule has 0 saturated carbocycles. The van der Waals surface area contributed by atoms with E-state index in [2.05, 4.69) is 16.5 Å². The molecule has 0 unspecified atom stereocenters. The quantitative estimate of drug-likeness (QED) is 0.928. The lowest BCUT2D eigenvalue weighted by Gasteiger charge is -2.13. The van der Waals surface area contributed by atoms with Gasteiger partial charge >= 0.3 is 0 Å². The zero-order valence-electron chi connectivity index (χ0n) is 12.5. The number of aromatic nitrogens is 2. The molecule has 0 aliphatic rings. The highest BCUT2D eigenvalue weighted by molar-refractivity contribution is 5.92. The number of nitrogens with one attached hydrogen (secondary N) is 1. The standard InChI is InChI=1S/C16H21N3O/c1-11(2)16(20)17-15-8-6-5-7-14(15)10-19-13(4)9-12(3)18-19/h5-9,11H,10H2,1-4H3,(H,17,20).